The molecule has 0 aliphatic rings. The molecule has 0 N–H and O–H groups in total. The number of aromatic nitrogens is 1. The van der Waals surface area contributed by atoms with Gasteiger partial charge in [0, 0.05) is 12.1 Å². The molecule has 0 aliphatic heterocycles. The first-order chi connectivity index (χ1) is 5.47. The van der Waals surface area contributed by atoms with Crippen molar-refractivity contribution in [2.75, 3.05) is 0 Å². The highest BCUT2D eigenvalue weighted by Gasteiger charge is 2.20. The fourth-order valence-electron chi connectivity index (χ4n) is 0.754. The molecule has 12 heavy (non-hydrogen) atoms. The van der Waals surface area contributed by atoms with Crippen molar-refractivity contribution in [1.82, 2.24) is 4.98 Å². The van der Waals surface area contributed by atoms with E-state index in [1.807, 2.05) is 0 Å². The molecule has 66 valence electrons. The Labute approximate surface area is 90.6 Å². The number of pyridine rings is 1. The topological polar surface area (TPSA) is 12.9 Å². The highest BCUT2D eigenvalue weighted by atomic mass is 35.6. The summed E-state index contributed by atoms with van der Waals surface area (Å²) in [4.78, 5) is 3.97. The van der Waals surface area contributed by atoms with Gasteiger partial charge in [0.1, 0.15) is 5.15 Å². The first-order valence-corrected chi connectivity index (χ1v) is 4.67. The Morgan fingerprint density at radius 3 is 2.42 bits per heavy atom. The van der Waals surface area contributed by atoms with Gasteiger partial charge in [0.25, 0.3) is 0 Å². The van der Waals surface area contributed by atoms with E-state index in [0.717, 1.165) is 0 Å². The largest absolute Gasteiger partial charge is 0.241 e. The summed E-state index contributed by atoms with van der Waals surface area (Å²) in [6.45, 7) is 0. The Morgan fingerprint density at radius 2 is 1.92 bits per heavy atom. The van der Waals surface area contributed by atoms with Gasteiger partial charge in [-0.1, -0.05) is 52.5 Å². The number of hydrogen-bond acceptors (Lipinski definition) is 1. The number of hydrogen-bond donors (Lipinski definition) is 0. The van der Waals surface area contributed by atoms with Gasteiger partial charge in [-0.3, -0.25) is 0 Å². The summed E-state index contributed by atoms with van der Waals surface area (Å²) in [7, 11) is 0. The quantitative estimate of drug-likeness (QED) is 0.543. The molecule has 0 saturated carbocycles. The van der Waals surface area contributed by atoms with Crippen LogP contribution in [0.5, 0.6) is 0 Å². The van der Waals surface area contributed by atoms with Crippen molar-refractivity contribution < 1.29 is 0 Å². The van der Waals surface area contributed by atoms with E-state index >= 15 is 0 Å². The fraction of sp³-hybridized carbons (Fsp3) is 0.286. The maximum Gasteiger partial charge on any atom is 0.196 e. The molecule has 0 spiro atoms. The molecule has 0 unspecified atom stereocenters. The third-order valence-corrected chi connectivity index (χ3v) is 1.77. The van der Waals surface area contributed by atoms with Crippen LogP contribution in [0, 0.1) is 0 Å². The molecule has 0 fully saturated rings. The summed E-state index contributed by atoms with van der Waals surface area (Å²) >= 11 is 22.3. The molecule has 0 atom stereocenters. The lowest BCUT2D eigenvalue weighted by Crippen LogP contribution is -2.08. The Bertz CT molecular complexity index is 268. The number of rotatable bonds is 1. The van der Waals surface area contributed by atoms with Crippen LogP contribution < -0.4 is 0 Å². The van der Waals surface area contributed by atoms with Crippen LogP contribution in [-0.4, -0.2) is 8.78 Å². The van der Waals surface area contributed by atoms with E-state index < -0.39 is 3.79 Å². The fourth-order valence-corrected chi connectivity index (χ4v) is 1.35. The lowest BCUT2D eigenvalue weighted by molar-refractivity contribution is 0.956. The van der Waals surface area contributed by atoms with Crippen molar-refractivity contribution in [1.29, 1.82) is 0 Å². The predicted molar refractivity (Wildman–Crippen MR) is 53.2 cm³/mol. The second-order valence-electron chi connectivity index (χ2n) is 2.24. The minimum absolute atomic E-state index is 0.262. The first kappa shape index (κ1) is 10.4. The molecule has 1 nitrogen and oxygen atoms in total. The summed E-state index contributed by atoms with van der Waals surface area (Å²) in [5.74, 6) is 0. The minimum Gasteiger partial charge on any atom is -0.241 e. The van der Waals surface area contributed by atoms with Crippen LogP contribution in [0.2, 0.25) is 5.15 Å². The van der Waals surface area contributed by atoms with Gasteiger partial charge in [-0.15, -0.1) is 0 Å². The van der Waals surface area contributed by atoms with Crippen molar-refractivity contribution >= 4 is 46.4 Å². The van der Waals surface area contributed by atoms with Gasteiger partial charge in [-0.05, 0) is 12.1 Å². The van der Waals surface area contributed by atoms with Crippen molar-refractivity contribution in [2.24, 2.45) is 0 Å². The van der Waals surface area contributed by atoms with Gasteiger partial charge in [0.05, 0.1) is 0 Å². The molecule has 0 radical (unpaired) electrons. The molecule has 0 bridgehead atoms. The van der Waals surface area contributed by atoms with Gasteiger partial charge < -0.3 is 0 Å². The number of nitrogens with zero attached hydrogens (tertiary/aromatic N) is 1. The zero-order valence-electron chi connectivity index (χ0n) is 5.90. The molecule has 1 heterocycles. The Kier molecular flexibility index (Phi) is 3.47. The molecule has 5 heteroatoms. The summed E-state index contributed by atoms with van der Waals surface area (Å²) in [5.41, 5.74) is 0.669. The van der Waals surface area contributed by atoms with E-state index in [2.05, 4.69) is 4.98 Å². The molecule has 0 aromatic carbocycles. The van der Waals surface area contributed by atoms with Gasteiger partial charge in [0.15, 0.2) is 3.79 Å². The van der Waals surface area contributed by atoms with Crippen molar-refractivity contribution in [3.63, 3.8) is 0 Å². The van der Waals surface area contributed by atoms with Crippen LogP contribution in [-0.2, 0) is 6.42 Å². The average Bonchev–Trinajstić information content (AvgIpc) is 1.82. The lowest BCUT2D eigenvalue weighted by Gasteiger charge is -2.09. The molecule has 1 aromatic rings. The van der Waals surface area contributed by atoms with Crippen LogP contribution in [0.15, 0.2) is 18.2 Å². The molecule has 0 amide bonds. The van der Waals surface area contributed by atoms with E-state index in [9.17, 15) is 0 Å². The summed E-state index contributed by atoms with van der Waals surface area (Å²) < 4.78 is -1.31. The molecule has 1 aromatic heterocycles. The standard InChI is InChI=1S/C7H5Cl4N/c8-6-3-1-2-5(12-6)4-7(9,10)11/h1-3H,4H2. The van der Waals surface area contributed by atoms with E-state index in [1.54, 1.807) is 18.2 Å². The third-order valence-electron chi connectivity index (χ3n) is 1.15. The van der Waals surface area contributed by atoms with Crippen LogP contribution in [0.3, 0.4) is 0 Å². The molecule has 1 rings (SSSR count). The van der Waals surface area contributed by atoms with Crippen LogP contribution >= 0.6 is 46.4 Å². The molecular formula is C7H5Cl4N. The minimum atomic E-state index is -1.31. The number of alkyl halides is 3. The smallest absolute Gasteiger partial charge is 0.196 e. The van der Waals surface area contributed by atoms with Crippen LogP contribution in [0.1, 0.15) is 5.69 Å². The van der Waals surface area contributed by atoms with E-state index in [4.69, 9.17) is 46.4 Å². The van der Waals surface area contributed by atoms with Crippen LogP contribution in [0.25, 0.3) is 0 Å². The van der Waals surface area contributed by atoms with E-state index in [-0.39, 0.29) is 6.42 Å². The third kappa shape index (κ3) is 3.81. The van der Waals surface area contributed by atoms with Crippen molar-refractivity contribution in [2.45, 2.75) is 10.2 Å². The molecular weight excluding hydrogens is 240 g/mol. The maximum atomic E-state index is 5.63. The highest BCUT2D eigenvalue weighted by Crippen LogP contribution is 2.29. The van der Waals surface area contributed by atoms with E-state index in [0.29, 0.717) is 10.8 Å². The second-order valence-corrected chi connectivity index (χ2v) is 5.15. The van der Waals surface area contributed by atoms with Crippen molar-refractivity contribution in [3.8, 4) is 0 Å². The first-order valence-electron chi connectivity index (χ1n) is 3.15. The summed E-state index contributed by atoms with van der Waals surface area (Å²) in [5, 5.41) is 0.404. The molecule has 0 saturated heterocycles. The Balaban J connectivity index is 2.77. The average molecular weight is 245 g/mol. The van der Waals surface area contributed by atoms with Gasteiger partial charge in [0.2, 0.25) is 0 Å². The maximum absolute atomic E-state index is 5.63. The second kappa shape index (κ2) is 4.01. The monoisotopic (exact) mass is 243 g/mol. The van der Waals surface area contributed by atoms with Crippen molar-refractivity contribution in [3.05, 3.63) is 29.0 Å². The Morgan fingerprint density at radius 1 is 1.25 bits per heavy atom. The van der Waals surface area contributed by atoms with Crippen LogP contribution in [0.4, 0.5) is 0 Å². The molecule has 0 aliphatic carbocycles. The summed E-state index contributed by atoms with van der Waals surface area (Å²) in [6, 6.07) is 5.19. The SMILES string of the molecule is Clc1cccc(CC(Cl)(Cl)Cl)n1. The lowest BCUT2D eigenvalue weighted by atomic mass is 10.3. The highest BCUT2D eigenvalue weighted by molar-refractivity contribution is 6.67. The van der Waals surface area contributed by atoms with Gasteiger partial charge in [-0.25, -0.2) is 4.98 Å². The summed E-state index contributed by atoms with van der Waals surface area (Å²) in [6.07, 6.45) is 0.262. The van der Waals surface area contributed by atoms with E-state index in [1.165, 1.54) is 0 Å². The van der Waals surface area contributed by atoms with Gasteiger partial charge in [-0.2, -0.15) is 0 Å². The Hall–Kier alpha value is 0.310. The normalized spacial score (nSPS) is 11.7. The zero-order chi connectivity index (χ0) is 9.19. The zero-order valence-corrected chi connectivity index (χ0v) is 8.92. The van der Waals surface area contributed by atoms with Gasteiger partial charge >= 0.3 is 0 Å². The predicted octanol–water partition coefficient (Wildman–Crippen LogP) is 3.65. The number of halogens is 4.